The molecule has 0 unspecified atom stereocenters. The van der Waals surface area contributed by atoms with Crippen LogP contribution in [-0.2, 0) is 9.59 Å². The molecule has 3 rings (SSSR count). The predicted octanol–water partition coefficient (Wildman–Crippen LogP) is 3.04. The van der Waals surface area contributed by atoms with Crippen molar-refractivity contribution in [3.05, 3.63) is 71.0 Å². The predicted molar refractivity (Wildman–Crippen MR) is 120 cm³/mol. The molecule has 2 heterocycles. The van der Waals surface area contributed by atoms with Crippen molar-refractivity contribution >= 4 is 53.7 Å². The number of hydrogen-bond acceptors (Lipinski definition) is 5. The summed E-state index contributed by atoms with van der Waals surface area (Å²) in [6.07, 6.45) is 5.78. The number of aromatic nitrogens is 1. The zero-order valence-corrected chi connectivity index (χ0v) is 17.6. The number of amides is 2. The standard InChI is InChI=1S/C21H21ClN4O3.ClH/c22-18-6-1-2-7-19(18)25-12-14-26(15-13-25)21(28)11-9-17-5-3-4-16(23-17)8-10-20(27)24-29;/h1-11,29H,12-15H2,(H,24,27);1H/b10-8+,11-9+;. The summed E-state index contributed by atoms with van der Waals surface area (Å²) in [6, 6.07) is 13.0. The van der Waals surface area contributed by atoms with Gasteiger partial charge in [-0.05, 0) is 36.4 Å². The summed E-state index contributed by atoms with van der Waals surface area (Å²) in [4.78, 5) is 31.8. The minimum atomic E-state index is -0.640. The number of pyridine rings is 1. The Morgan fingerprint density at radius 3 is 2.23 bits per heavy atom. The molecule has 0 atom stereocenters. The summed E-state index contributed by atoms with van der Waals surface area (Å²) < 4.78 is 0. The van der Waals surface area contributed by atoms with Gasteiger partial charge in [0.05, 0.1) is 22.1 Å². The van der Waals surface area contributed by atoms with Gasteiger partial charge in [0, 0.05) is 38.3 Å². The lowest BCUT2D eigenvalue weighted by Gasteiger charge is -2.36. The molecule has 2 N–H and O–H groups in total. The van der Waals surface area contributed by atoms with Crippen LogP contribution in [0.2, 0.25) is 5.02 Å². The van der Waals surface area contributed by atoms with Gasteiger partial charge in [-0.15, -0.1) is 12.4 Å². The number of hydroxylamine groups is 1. The maximum atomic E-state index is 12.5. The summed E-state index contributed by atoms with van der Waals surface area (Å²) in [6.45, 7) is 2.66. The van der Waals surface area contributed by atoms with E-state index in [1.54, 1.807) is 29.2 Å². The van der Waals surface area contributed by atoms with Gasteiger partial charge in [-0.3, -0.25) is 14.8 Å². The second-order valence-electron chi connectivity index (χ2n) is 6.39. The number of halogens is 2. The third-order valence-corrected chi connectivity index (χ3v) is 4.81. The average molecular weight is 449 g/mol. The number of hydrogen-bond donors (Lipinski definition) is 2. The molecule has 1 aromatic heterocycles. The number of carbonyl (C=O) groups excluding carboxylic acids is 2. The molecule has 7 nitrogen and oxygen atoms in total. The zero-order chi connectivity index (χ0) is 20.6. The van der Waals surface area contributed by atoms with Gasteiger partial charge in [0.25, 0.3) is 5.91 Å². The van der Waals surface area contributed by atoms with Crippen molar-refractivity contribution in [1.29, 1.82) is 0 Å². The van der Waals surface area contributed by atoms with Gasteiger partial charge < -0.3 is 9.80 Å². The number of nitrogens with one attached hydrogen (secondary N) is 1. The van der Waals surface area contributed by atoms with Crippen LogP contribution in [0.4, 0.5) is 5.69 Å². The van der Waals surface area contributed by atoms with E-state index in [1.165, 1.54) is 23.7 Å². The van der Waals surface area contributed by atoms with Gasteiger partial charge in [0.2, 0.25) is 5.91 Å². The highest BCUT2D eigenvalue weighted by Gasteiger charge is 2.20. The maximum Gasteiger partial charge on any atom is 0.267 e. The number of piperazine rings is 1. The number of nitrogens with zero attached hydrogens (tertiary/aromatic N) is 3. The minimum Gasteiger partial charge on any atom is -0.367 e. The van der Waals surface area contributed by atoms with Crippen LogP contribution in [0, 0.1) is 0 Å². The number of rotatable bonds is 5. The van der Waals surface area contributed by atoms with Gasteiger partial charge in [0.15, 0.2) is 0 Å². The summed E-state index contributed by atoms with van der Waals surface area (Å²) in [7, 11) is 0. The van der Waals surface area contributed by atoms with E-state index in [0.29, 0.717) is 29.5 Å². The molecule has 0 radical (unpaired) electrons. The van der Waals surface area contributed by atoms with E-state index in [2.05, 4.69) is 9.88 Å². The van der Waals surface area contributed by atoms with Crippen molar-refractivity contribution in [2.75, 3.05) is 31.1 Å². The second kappa shape index (κ2) is 11.3. The third kappa shape index (κ3) is 6.32. The smallest absolute Gasteiger partial charge is 0.267 e. The van der Waals surface area contributed by atoms with Crippen LogP contribution in [0.3, 0.4) is 0 Å². The summed E-state index contributed by atoms with van der Waals surface area (Å²) in [5.74, 6) is -0.718. The Morgan fingerprint density at radius 2 is 1.60 bits per heavy atom. The Balaban J connectivity index is 0.00000320. The molecule has 1 aromatic carbocycles. The number of para-hydroxylation sites is 1. The average Bonchev–Trinajstić information content (AvgIpc) is 2.76. The van der Waals surface area contributed by atoms with Crippen LogP contribution in [0.5, 0.6) is 0 Å². The van der Waals surface area contributed by atoms with Crippen LogP contribution in [-0.4, -0.2) is 53.1 Å². The zero-order valence-electron chi connectivity index (χ0n) is 16.1. The molecule has 1 aliphatic rings. The van der Waals surface area contributed by atoms with Crippen LogP contribution in [0.1, 0.15) is 11.4 Å². The van der Waals surface area contributed by atoms with Crippen molar-refractivity contribution in [2.45, 2.75) is 0 Å². The van der Waals surface area contributed by atoms with Crippen molar-refractivity contribution in [3.63, 3.8) is 0 Å². The van der Waals surface area contributed by atoms with Gasteiger partial charge >= 0.3 is 0 Å². The fourth-order valence-electron chi connectivity index (χ4n) is 2.99. The Hall–Kier alpha value is -2.87. The monoisotopic (exact) mass is 448 g/mol. The fraction of sp³-hybridized carbons (Fsp3) is 0.190. The van der Waals surface area contributed by atoms with Crippen molar-refractivity contribution in [3.8, 4) is 0 Å². The number of anilines is 1. The highest BCUT2D eigenvalue weighted by atomic mass is 35.5. The summed E-state index contributed by atoms with van der Waals surface area (Å²) in [5, 5.41) is 9.21. The van der Waals surface area contributed by atoms with Gasteiger partial charge in [-0.1, -0.05) is 29.8 Å². The number of benzene rings is 1. The third-order valence-electron chi connectivity index (χ3n) is 4.49. The molecule has 0 saturated carbocycles. The van der Waals surface area contributed by atoms with Crippen LogP contribution < -0.4 is 10.4 Å². The second-order valence-corrected chi connectivity index (χ2v) is 6.80. The van der Waals surface area contributed by atoms with E-state index >= 15 is 0 Å². The van der Waals surface area contributed by atoms with E-state index < -0.39 is 5.91 Å². The van der Waals surface area contributed by atoms with E-state index in [4.69, 9.17) is 16.8 Å². The molecule has 9 heteroatoms. The topological polar surface area (TPSA) is 85.8 Å². The SMILES string of the molecule is Cl.O=C(/C=C/c1cccc(/C=C/C(=O)N2CCN(c3ccccc3Cl)CC2)n1)NO. The lowest BCUT2D eigenvalue weighted by molar-refractivity contribution is -0.126. The molecule has 1 aliphatic heterocycles. The Bertz CT molecular complexity index is 941. The molecule has 1 fully saturated rings. The summed E-state index contributed by atoms with van der Waals surface area (Å²) in [5.41, 5.74) is 3.64. The van der Waals surface area contributed by atoms with E-state index in [0.717, 1.165) is 18.8 Å². The molecule has 0 bridgehead atoms. The lowest BCUT2D eigenvalue weighted by Crippen LogP contribution is -2.48. The highest BCUT2D eigenvalue weighted by Crippen LogP contribution is 2.26. The Labute approximate surface area is 186 Å². The molecule has 2 amide bonds. The molecular weight excluding hydrogens is 427 g/mol. The van der Waals surface area contributed by atoms with E-state index in [1.807, 2.05) is 24.3 Å². The quantitative estimate of drug-likeness (QED) is 0.417. The molecule has 158 valence electrons. The molecule has 1 saturated heterocycles. The van der Waals surface area contributed by atoms with Crippen LogP contribution >= 0.6 is 24.0 Å². The Morgan fingerprint density at radius 1 is 0.967 bits per heavy atom. The fourth-order valence-corrected chi connectivity index (χ4v) is 3.25. The molecule has 0 spiro atoms. The van der Waals surface area contributed by atoms with Gasteiger partial charge in [0.1, 0.15) is 0 Å². The lowest BCUT2D eigenvalue weighted by atomic mass is 10.2. The van der Waals surface area contributed by atoms with Crippen molar-refractivity contribution in [1.82, 2.24) is 15.4 Å². The van der Waals surface area contributed by atoms with Crippen LogP contribution in [0.25, 0.3) is 12.2 Å². The summed E-state index contributed by atoms with van der Waals surface area (Å²) >= 11 is 6.26. The van der Waals surface area contributed by atoms with Gasteiger partial charge in [-0.25, -0.2) is 10.5 Å². The normalized spacial score (nSPS) is 14.1. The van der Waals surface area contributed by atoms with Crippen molar-refractivity contribution in [2.24, 2.45) is 0 Å². The van der Waals surface area contributed by atoms with Crippen LogP contribution in [0.15, 0.2) is 54.6 Å². The first-order chi connectivity index (χ1) is 14.1. The molecule has 30 heavy (non-hydrogen) atoms. The highest BCUT2D eigenvalue weighted by molar-refractivity contribution is 6.33. The van der Waals surface area contributed by atoms with Crippen molar-refractivity contribution < 1.29 is 14.8 Å². The van der Waals surface area contributed by atoms with Gasteiger partial charge in [-0.2, -0.15) is 0 Å². The Kier molecular flexibility index (Phi) is 8.86. The van der Waals surface area contributed by atoms with E-state index in [9.17, 15) is 9.59 Å². The first-order valence-electron chi connectivity index (χ1n) is 9.12. The largest absolute Gasteiger partial charge is 0.367 e. The van der Waals surface area contributed by atoms with E-state index in [-0.39, 0.29) is 18.3 Å². The first kappa shape index (κ1) is 23.4. The molecular formula is C21H22Cl2N4O3. The maximum absolute atomic E-state index is 12.5. The minimum absolute atomic E-state index is 0. The molecule has 2 aromatic rings. The number of carbonyl (C=O) groups is 2. The molecule has 0 aliphatic carbocycles. The first-order valence-corrected chi connectivity index (χ1v) is 9.50.